The largest absolute Gasteiger partial charge is 0.409 e. The molecule has 2 atom stereocenters. The van der Waals surface area contributed by atoms with Crippen LogP contribution in [0.3, 0.4) is 0 Å². The first-order valence-corrected chi connectivity index (χ1v) is 6.52. The zero-order chi connectivity index (χ0) is 11.3. The minimum atomic E-state index is 0.335. The van der Waals surface area contributed by atoms with E-state index in [-0.39, 0.29) is 0 Å². The van der Waals surface area contributed by atoms with E-state index in [9.17, 15) is 0 Å². The lowest BCUT2D eigenvalue weighted by Crippen LogP contribution is -2.45. The Bertz CT molecular complexity index is 223. The maximum atomic E-state index is 8.41. The summed E-state index contributed by atoms with van der Waals surface area (Å²) in [4.78, 5) is 2.49. The molecule has 0 aromatic rings. The van der Waals surface area contributed by atoms with Crippen LogP contribution in [0.25, 0.3) is 0 Å². The molecule has 1 rings (SSSR count). The number of nitrogens with zero attached hydrogens (tertiary/aromatic N) is 2. The fourth-order valence-electron chi connectivity index (χ4n) is 1.82. The summed E-state index contributed by atoms with van der Waals surface area (Å²) < 4.78 is 0. The lowest BCUT2D eigenvalue weighted by molar-refractivity contribution is 0.211. The molecule has 2 unspecified atom stereocenters. The van der Waals surface area contributed by atoms with Gasteiger partial charge in [0, 0.05) is 30.0 Å². The molecule has 0 saturated carbocycles. The summed E-state index contributed by atoms with van der Waals surface area (Å²) in [6.45, 7) is 6.76. The molecular weight excluding hydrogens is 210 g/mol. The molecule has 1 aliphatic heterocycles. The van der Waals surface area contributed by atoms with Gasteiger partial charge in [-0.05, 0) is 19.9 Å². The highest BCUT2D eigenvalue weighted by Gasteiger charge is 2.24. The molecular formula is C10H21N3OS. The molecule has 88 valence electrons. The van der Waals surface area contributed by atoms with Crippen molar-refractivity contribution in [3.8, 4) is 0 Å². The first kappa shape index (κ1) is 12.6. The van der Waals surface area contributed by atoms with Crippen LogP contribution in [0.4, 0.5) is 0 Å². The third kappa shape index (κ3) is 3.91. The van der Waals surface area contributed by atoms with Crippen molar-refractivity contribution in [3.63, 3.8) is 0 Å². The number of hydrogen-bond acceptors (Lipinski definition) is 4. The van der Waals surface area contributed by atoms with E-state index in [1.165, 1.54) is 5.75 Å². The second-order valence-corrected chi connectivity index (χ2v) is 5.53. The lowest BCUT2D eigenvalue weighted by atomic mass is 10.2. The van der Waals surface area contributed by atoms with Gasteiger partial charge in [-0.1, -0.05) is 12.1 Å². The first-order valence-electron chi connectivity index (χ1n) is 5.47. The van der Waals surface area contributed by atoms with Gasteiger partial charge in [-0.3, -0.25) is 4.90 Å². The van der Waals surface area contributed by atoms with E-state index in [2.05, 4.69) is 23.9 Å². The minimum absolute atomic E-state index is 0.335. The number of oxime groups is 1. The molecule has 0 aromatic heterocycles. The Morgan fingerprint density at radius 2 is 2.33 bits per heavy atom. The number of nitrogens with two attached hydrogens (primary N) is 1. The minimum Gasteiger partial charge on any atom is -0.409 e. The second kappa shape index (κ2) is 6.23. The standard InChI is InChI=1S/C10H21N3OS/c1-8-9(2)15-7-6-13(8)5-3-4-10(11)12-14/h8-9,14H,3-7H2,1-2H3,(H2,11,12). The van der Waals surface area contributed by atoms with E-state index < -0.39 is 0 Å². The van der Waals surface area contributed by atoms with Crippen molar-refractivity contribution in [2.45, 2.75) is 38.0 Å². The van der Waals surface area contributed by atoms with E-state index >= 15 is 0 Å². The normalized spacial score (nSPS) is 29.3. The Morgan fingerprint density at radius 3 is 3.00 bits per heavy atom. The van der Waals surface area contributed by atoms with Crippen molar-refractivity contribution in [3.05, 3.63) is 0 Å². The van der Waals surface area contributed by atoms with Crippen LogP contribution in [0, 0.1) is 0 Å². The van der Waals surface area contributed by atoms with E-state index in [4.69, 9.17) is 10.9 Å². The van der Waals surface area contributed by atoms with Gasteiger partial charge in [-0.15, -0.1) is 0 Å². The van der Waals surface area contributed by atoms with Crippen LogP contribution >= 0.6 is 11.8 Å². The van der Waals surface area contributed by atoms with Crippen molar-refractivity contribution in [1.82, 2.24) is 4.90 Å². The molecule has 1 saturated heterocycles. The van der Waals surface area contributed by atoms with Crippen LogP contribution in [-0.4, -0.2) is 46.1 Å². The Balaban J connectivity index is 2.25. The number of amidine groups is 1. The van der Waals surface area contributed by atoms with Crippen molar-refractivity contribution >= 4 is 17.6 Å². The summed E-state index contributed by atoms with van der Waals surface area (Å²) in [5.41, 5.74) is 5.43. The lowest BCUT2D eigenvalue weighted by Gasteiger charge is -2.37. The number of hydrogen-bond donors (Lipinski definition) is 2. The van der Waals surface area contributed by atoms with Gasteiger partial charge >= 0.3 is 0 Å². The van der Waals surface area contributed by atoms with Gasteiger partial charge < -0.3 is 10.9 Å². The van der Waals surface area contributed by atoms with Gasteiger partial charge in [0.1, 0.15) is 5.84 Å². The monoisotopic (exact) mass is 231 g/mol. The van der Waals surface area contributed by atoms with Crippen LogP contribution in [0.1, 0.15) is 26.7 Å². The van der Waals surface area contributed by atoms with Crippen molar-refractivity contribution < 1.29 is 5.21 Å². The fraction of sp³-hybridized carbons (Fsp3) is 0.900. The molecule has 3 N–H and O–H groups in total. The predicted molar refractivity (Wildman–Crippen MR) is 65.6 cm³/mol. The highest BCUT2D eigenvalue weighted by atomic mass is 32.2. The summed E-state index contributed by atoms with van der Waals surface area (Å²) in [5.74, 6) is 1.55. The van der Waals surface area contributed by atoms with Gasteiger partial charge in [-0.25, -0.2) is 0 Å². The van der Waals surface area contributed by atoms with E-state index in [1.54, 1.807) is 0 Å². The summed E-state index contributed by atoms with van der Waals surface area (Å²) in [6, 6.07) is 0.635. The highest BCUT2D eigenvalue weighted by Crippen LogP contribution is 2.24. The SMILES string of the molecule is CC1SCCN(CCCC(N)=NO)C1C. The van der Waals surface area contributed by atoms with Gasteiger partial charge in [0.05, 0.1) is 0 Å². The molecule has 0 radical (unpaired) electrons. The molecule has 0 spiro atoms. The third-order valence-corrected chi connectivity index (χ3v) is 4.36. The van der Waals surface area contributed by atoms with Crippen LogP contribution in [0.2, 0.25) is 0 Å². The van der Waals surface area contributed by atoms with Crippen molar-refractivity contribution in [1.29, 1.82) is 0 Å². The summed E-state index contributed by atoms with van der Waals surface area (Å²) in [6.07, 6.45) is 1.65. The Labute approximate surface area is 95.9 Å². The van der Waals surface area contributed by atoms with Crippen molar-refractivity contribution in [2.24, 2.45) is 10.9 Å². The number of rotatable bonds is 4. The molecule has 0 aliphatic carbocycles. The van der Waals surface area contributed by atoms with Gasteiger partial charge in [0.2, 0.25) is 0 Å². The Morgan fingerprint density at radius 1 is 1.60 bits per heavy atom. The zero-order valence-electron chi connectivity index (χ0n) is 9.52. The maximum absolute atomic E-state index is 8.41. The van der Waals surface area contributed by atoms with E-state index in [0.29, 0.717) is 23.5 Å². The number of thioether (sulfide) groups is 1. The van der Waals surface area contributed by atoms with Crippen LogP contribution < -0.4 is 5.73 Å². The molecule has 0 bridgehead atoms. The molecule has 4 nitrogen and oxygen atoms in total. The molecule has 1 fully saturated rings. The third-order valence-electron chi connectivity index (χ3n) is 3.02. The van der Waals surface area contributed by atoms with Crippen LogP contribution in [0.5, 0.6) is 0 Å². The summed E-state index contributed by atoms with van der Waals surface area (Å²) in [7, 11) is 0. The maximum Gasteiger partial charge on any atom is 0.139 e. The second-order valence-electron chi connectivity index (χ2n) is 4.05. The molecule has 5 heteroatoms. The molecule has 0 amide bonds. The molecule has 15 heavy (non-hydrogen) atoms. The average Bonchev–Trinajstić information content (AvgIpc) is 2.24. The highest BCUT2D eigenvalue weighted by molar-refractivity contribution is 8.00. The van der Waals surface area contributed by atoms with E-state index in [0.717, 1.165) is 19.5 Å². The van der Waals surface area contributed by atoms with Crippen molar-refractivity contribution in [2.75, 3.05) is 18.8 Å². The Kier molecular flexibility index (Phi) is 5.25. The van der Waals surface area contributed by atoms with Crippen LogP contribution in [0.15, 0.2) is 5.16 Å². The first-order chi connectivity index (χ1) is 7.15. The van der Waals surface area contributed by atoms with Crippen LogP contribution in [-0.2, 0) is 0 Å². The Hall–Kier alpha value is -0.420. The van der Waals surface area contributed by atoms with Gasteiger partial charge in [0.15, 0.2) is 0 Å². The average molecular weight is 231 g/mol. The topological polar surface area (TPSA) is 61.8 Å². The predicted octanol–water partition coefficient (Wildman–Crippen LogP) is 1.34. The summed E-state index contributed by atoms with van der Waals surface area (Å²) in [5, 5.41) is 12.1. The van der Waals surface area contributed by atoms with Gasteiger partial charge in [-0.2, -0.15) is 11.8 Å². The van der Waals surface area contributed by atoms with E-state index in [1.807, 2.05) is 11.8 Å². The molecule has 1 heterocycles. The van der Waals surface area contributed by atoms with Gasteiger partial charge in [0.25, 0.3) is 0 Å². The molecule has 0 aromatic carbocycles. The quantitative estimate of drug-likeness (QED) is 0.332. The summed E-state index contributed by atoms with van der Waals surface area (Å²) >= 11 is 2.04. The smallest absolute Gasteiger partial charge is 0.139 e. The zero-order valence-corrected chi connectivity index (χ0v) is 10.3. The fourth-order valence-corrected chi connectivity index (χ4v) is 2.99. The molecule has 1 aliphatic rings.